The number of hydrogen-bond acceptors (Lipinski definition) is 3. The SMILES string of the molecule is Cc1[nH]n(-c2ccccc2)c(=O)c1/C=C1\NC(=O)N(Cc2ccc(C(F)(F)F)cc2)C1=O. The van der Waals surface area contributed by atoms with Crippen molar-refractivity contribution in [3.8, 4) is 5.69 Å². The smallest absolute Gasteiger partial charge is 0.303 e. The van der Waals surface area contributed by atoms with Crippen molar-refractivity contribution in [2.75, 3.05) is 0 Å². The van der Waals surface area contributed by atoms with Gasteiger partial charge < -0.3 is 5.32 Å². The zero-order valence-corrected chi connectivity index (χ0v) is 16.7. The summed E-state index contributed by atoms with van der Waals surface area (Å²) in [5, 5.41) is 5.35. The first kappa shape index (κ1) is 21.2. The second kappa shape index (κ2) is 7.88. The summed E-state index contributed by atoms with van der Waals surface area (Å²) in [7, 11) is 0. The molecule has 0 aliphatic carbocycles. The number of benzene rings is 2. The molecule has 7 nitrogen and oxygen atoms in total. The minimum absolute atomic E-state index is 0.0960. The van der Waals surface area contributed by atoms with Gasteiger partial charge in [0.25, 0.3) is 11.5 Å². The first-order valence-electron chi connectivity index (χ1n) is 9.53. The molecule has 1 aliphatic heterocycles. The van der Waals surface area contributed by atoms with Gasteiger partial charge in [-0.1, -0.05) is 30.3 Å². The molecule has 1 aliphatic rings. The first-order chi connectivity index (χ1) is 15.1. The van der Waals surface area contributed by atoms with E-state index in [2.05, 4.69) is 10.4 Å². The van der Waals surface area contributed by atoms with Gasteiger partial charge in [0.1, 0.15) is 5.70 Å². The molecular formula is C22H17F3N4O3. The third-order valence-corrected chi connectivity index (χ3v) is 5.00. The van der Waals surface area contributed by atoms with Crippen LogP contribution in [0.1, 0.15) is 22.4 Å². The predicted molar refractivity (Wildman–Crippen MR) is 110 cm³/mol. The van der Waals surface area contributed by atoms with Crippen molar-refractivity contribution in [1.82, 2.24) is 20.0 Å². The Labute approximate surface area is 179 Å². The van der Waals surface area contributed by atoms with Crippen LogP contribution in [0.15, 0.2) is 65.1 Å². The van der Waals surface area contributed by atoms with Gasteiger partial charge in [-0.15, -0.1) is 0 Å². The van der Waals surface area contributed by atoms with Crippen LogP contribution in [-0.2, 0) is 17.5 Å². The van der Waals surface area contributed by atoms with Gasteiger partial charge in [0.2, 0.25) is 0 Å². The summed E-state index contributed by atoms with van der Waals surface area (Å²) in [6, 6.07) is 12.3. The molecule has 2 aromatic carbocycles. The lowest BCUT2D eigenvalue weighted by Crippen LogP contribution is -2.30. The van der Waals surface area contributed by atoms with Gasteiger partial charge >= 0.3 is 12.2 Å². The highest BCUT2D eigenvalue weighted by Crippen LogP contribution is 2.29. The van der Waals surface area contributed by atoms with E-state index in [1.54, 1.807) is 31.2 Å². The van der Waals surface area contributed by atoms with E-state index in [-0.39, 0.29) is 17.8 Å². The Kier molecular flexibility index (Phi) is 5.21. The van der Waals surface area contributed by atoms with Crippen molar-refractivity contribution >= 4 is 18.0 Å². The van der Waals surface area contributed by atoms with Gasteiger partial charge in [-0.05, 0) is 42.8 Å². The first-order valence-corrected chi connectivity index (χ1v) is 9.53. The van der Waals surface area contributed by atoms with Crippen LogP contribution in [0.25, 0.3) is 11.8 Å². The van der Waals surface area contributed by atoms with Crippen molar-refractivity contribution < 1.29 is 22.8 Å². The average molecular weight is 442 g/mol. The fourth-order valence-corrected chi connectivity index (χ4v) is 3.33. The van der Waals surface area contributed by atoms with E-state index in [4.69, 9.17) is 0 Å². The molecule has 0 bridgehead atoms. The van der Waals surface area contributed by atoms with E-state index < -0.39 is 29.2 Å². The standard InChI is InChI=1S/C22H17F3N4O3/c1-13-17(19(30)29(27-13)16-5-3-2-4-6-16)11-18-20(31)28(21(32)26-18)12-14-7-9-15(10-8-14)22(23,24)25/h2-11,27H,12H2,1H3,(H,26,32)/b18-11-. The van der Waals surface area contributed by atoms with E-state index in [1.165, 1.54) is 22.9 Å². The zero-order chi connectivity index (χ0) is 23.0. The highest BCUT2D eigenvalue weighted by molar-refractivity contribution is 6.13. The molecule has 1 aromatic heterocycles. The normalized spacial score (nSPS) is 15.5. The maximum atomic E-state index is 12.8. The molecule has 0 saturated carbocycles. The van der Waals surface area contributed by atoms with Crippen LogP contribution in [0.4, 0.5) is 18.0 Å². The van der Waals surface area contributed by atoms with Gasteiger partial charge in [0.05, 0.1) is 23.4 Å². The summed E-state index contributed by atoms with van der Waals surface area (Å²) >= 11 is 0. The number of aromatic nitrogens is 2. The molecule has 10 heteroatoms. The minimum atomic E-state index is -4.48. The van der Waals surface area contributed by atoms with Crippen LogP contribution in [0.3, 0.4) is 0 Å². The topological polar surface area (TPSA) is 87.2 Å². The molecule has 164 valence electrons. The number of alkyl halides is 3. The molecule has 4 rings (SSSR count). The maximum absolute atomic E-state index is 12.8. The minimum Gasteiger partial charge on any atom is -0.303 e. The number of imide groups is 1. The lowest BCUT2D eigenvalue weighted by atomic mass is 10.1. The molecule has 3 amide bonds. The highest BCUT2D eigenvalue weighted by atomic mass is 19.4. The molecule has 32 heavy (non-hydrogen) atoms. The van der Waals surface area contributed by atoms with E-state index in [0.717, 1.165) is 17.0 Å². The van der Waals surface area contributed by atoms with Crippen molar-refractivity contribution in [3.63, 3.8) is 0 Å². The molecule has 0 radical (unpaired) electrons. The lowest BCUT2D eigenvalue weighted by Gasteiger charge is -2.13. The Morgan fingerprint density at radius 1 is 0.969 bits per heavy atom. The van der Waals surface area contributed by atoms with Gasteiger partial charge in [0, 0.05) is 5.69 Å². The number of nitrogens with zero attached hydrogens (tertiary/aromatic N) is 2. The predicted octanol–water partition coefficient (Wildman–Crippen LogP) is 3.59. The molecule has 0 spiro atoms. The second-order valence-electron chi connectivity index (χ2n) is 7.20. The molecule has 1 saturated heterocycles. The molecule has 2 heterocycles. The van der Waals surface area contributed by atoms with Crippen LogP contribution in [0.5, 0.6) is 0 Å². The summed E-state index contributed by atoms with van der Waals surface area (Å²) in [5.74, 6) is -0.679. The Hall–Kier alpha value is -4.08. The highest BCUT2D eigenvalue weighted by Gasteiger charge is 2.34. The summed E-state index contributed by atoms with van der Waals surface area (Å²) in [5.41, 5.74) is 0.342. The van der Waals surface area contributed by atoms with E-state index in [9.17, 15) is 27.6 Å². The molecular weight excluding hydrogens is 425 g/mol. The van der Waals surface area contributed by atoms with Crippen molar-refractivity contribution in [1.29, 1.82) is 0 Å². The molecule has 0 atom stereocenters. The number of nitrogens with one attached hydrogen (secondary N) is 2. The largest absolute Gasteiger partial charge is 0.416 e. The summed E-state index contributed by atoms with van der Waals surface area (Å²) in [6.07, 6.45) is -3.18. The number of aryl methyl sites for hydroxylation is 1. The number of carbonyl (C=O) groups excluding carboxylic acids is 2. The summed E-state index contributed by atoms with van der Waals surface area (Å²) in [6.45, 7) is 1.45. The Balaban J connectivity index is 1.58. The second-order valence-corrected chi connectivity index (χ2v) is 7.20. The van der Waals surface area contributed by atoms with E-state index in [0.29, 0.717) is 16.9 Å². The van der Waals surface area contributed by atoms with Gasteiger partial charge in [-0.25, -0.2) is 9.48 Å². The van der Waals surface area contributed by atoms with Gasteiger partial charge in [-0.2, -0.15) is 13.2 Å². The van der Waals surface area contributed by atoms with Crippen molar-refractivity contribution in [2.45, 2.75) is 19.6 Å². The van der Waals surface area contributed by atoms with Crippen LogP contribution in [-0.4, -0.2) is 26.6 Å². The third kappa shape index (κ3) is 3.94. The Bertz CT molecular complexity index is 1270. The number of carbonyl (C=O) groups is 2. The number of H-pyrrole nitrogens is 1. The number of rotatable bonds is 4. The number of para-hydroxylation sites is 1. The molecule has 1 fully saturated rings. The quantitative estimate of drug-likeness (QED) is 0.478. The van der Waals surface area contributed by atoms with Crippen molar-refractivity contribution in [3.05, 3.63) is 93.0 Å². The average Bonchev–Trinajstić information content (AvgIpc) is 3.19. The van der Waals surface area contributed by atoms with Gasteiger partial charge in [-0.3, -0.25) is 19.6 Å². The number of urea groups is 1. The van der Waals surface area contributed by atoms with Crippen LogP contribution in [0, 0.1) is 6.92 Å². The van der Waals surface area contributed by atoms with Crippen LogP contribution < -0.4 is 10.9 Å². The molecule has 2 N–H and O–H groups in total. The fourth-order valence-electron chi connectivity index (χ4n) is 3.33. The molecule has 3 aromatic rings. The zero-order valence-electron chi connectivity index (χ0n) is 16.7. The Morgan fingerprint density at radius 3 is 2.25 bits per heavy atom. The number of hydrogen-bond donors (Lipinski definition) is 2. The summed E-state index contributed by atoms with van der Waals surface area (Å²) < 4.78 is 39.5. The van der Waals surface area contributed by atoms with Crippen LogP contribution in [0.2, 0.25) is 0 Å². The third-order valence-electron chi connectivity index (χ3n) is 5.00. The Morgan fingerprint density at radius 2 is 1.62 bits per heavy atom. The van der Waals surface area contributed by atoms with Gasteiger partial charge in [0.15, 0.2) is 0 Å². The van der Waals surface area contributed by atoms with E-state index >= 15 is 0 Å². The fraction of sp³-hybridized carbons (Fsp3) is 0.136. The maximum Gasteiger partial charge on any atom is 0.416 e. The molecule has 0 unspecified atom stereocenters. The number of aromatic amines is 1. The van der Waals surface area contributed by atoms with E-state index in [1.807, 2.05) is 6.07 Å². The number of amides is 3. The van der Waals surface area contributed by atoms with Crippen LogP contribution >= 0.6 is 0 Å². The number of halogens is 3. The monoisotopic (exact) mass is 442 g/mol. The lowest BCUT2D eigenvalue weighted by molar-refractivity contribution is -0.137. The summed E-state index contributed by atoms with van der Waals surface area (Å²) in [4.78, 5) is 38.7. The van der Waals surface area contributed by atoms with Crippen molar-refractivity contribution in [2.24, 2.45) is 0 Å².